The largest absolute Gasteiger partial charge is 0.351 e. The molecule has 2 fully saturated rings. The summed E-state index contributed by atoms with van der Waals surface area (Å²) in [6.07, 6.45) is 8.79. The van der Waals surface area contributed by atoms with Crippen molar-refractivity contribution in [1.29, 1.82) is 0 Å². The van der Waals surface area contributed by atoms with Gasteiger partial charge in [-0.05, 0) is 59.4 Å². The minimum atomic E-state index is 0.572. The summed E-state index contributed by atoms with van der Waals surface area (Å²) in [5.74, 6) is 1.07. The zero-order valence-corrected chi connectivity index (χ0v) is 14.7. The average Bonchev–Trinajstić information content (AvgIpc) is 3.21. The topological polar surface area (TPSA) is 56.8 Å². The summed E-state index contributed by atoms with van der Waals surface area (Å²) in [7, 11) is 0. The van der Waals surface area contributed by atoms with Crippen LogP contribution in [-0.4, -0.2) is 39.1 Å². The van der Waals surface area contributed by atoms with Gasteiger partial charge in [-0.2, -0.15) is 0 Å². The molecule has 4 unspecified atom stereocenters. The maximum absolute atomic E-state index is 4.46. The predicted molar refractivity (Wildman–Crippen MR) is 95.8 cm³/mol. The van der Waals surface area contributed by atoms with Gasteiger partial charge in [0.2, 0.25) is 0 Å². The van der Waals surface area contributed by atoms with Gasteiger partial charge in [-0.25, -0.2) is 9.97 Å². The summed E-state index contributed by atoms with van der Waals surface area (Å²) in [5.41, 5.74) is 0.927. The highest BCUT2D eigenvalue weighted by Gasteiger charge is 2.29. The van der Waals surface area contributed by atoms with Gasteiger partial charge in [-0.1, -0.05) is 0 Å². The van der Waals surface area contributed by atoms with Crippen molar-refractivity contribution < 1.29 is 0 Å². The fraction of sp³-hybridized carbons (Fsp3) is 0.667. The van der Waals surface area contributed by atoms with Crippen molar-refractivity contribution in [2.45, 2.75) is 77.5 Å². The second-order valence-corrected chi connectivity index (χ2v) is 7.17. The summed E-state index contributed by atoms with van der Waals surface area (Å²) >= 11 is 0. The normalized spacial score (nSPS) is 30.5. The Labute approximate surface area is 138 Å². The lowest BCUT2D eigenvalue weighted by atomic mass is 10.2. The lowest BCUT2D eigenvalue weighted by Gasteiger charge is -2.27. The molecular weight excluding hydrogens is 286 g/mol. The Balaban J connectivity index is 0.000000188. The molecule has 0 bridgehead atoms. The van der Waals surface area contributed by atoms with Crippen LogP contribution in [0, 0.1) is 0 Å². The first-order chi connectivity index (χ1) is 11.1. The van der Waals surface area contributed by atoms with E-state index < -0.39 is 0 Å². The van der Waals surface area contributed by atoms with E-state index in [0.29, 0.717) is 12.1 Å². The molecule has 2 N–H and O–H groups in total. The molecule has 4 heterocycles. The van der Waals surface area contributed by atoms with Crippen molar-refractivity contribution in [2.75, 3.05) is 4.90 Å². The molecule has 0 saturated carbocycles. The first-order valence-corrected chi connectivity index (χ1v) is 8.88. The van der Waals surface area contributed by atoms with E-state index >= 15 is 0 Å². The monoisotopic (exact) mass is 315 g/mol. The average molecular weight is 315 g/mol. The van der Waals surface area contributed by atoms with E-state index in [-0.39, 0.29) is 0 Å². The van der Waals surface area contributed by atoms with Crippen LogP contribution in [0.1, 0.15) is 53.4 Å². The highest BCUT2D eigenvalue weighted by molar-refractivity contribution is 5.87. The van der Waals surface area contributed by atoms with Crippen molar-refractivity contribution in [3.63, 3.8) is 0 Å². The van der Waals surface area contributed by atoms with E-state index in [4.69, 9.17) is 0 Å². The Morgan fingerprint density at radius 2 is 1.61 bits per heavy atom. The molecule has 2 aromatic rings. The van der Waals surface area contributed by atoms with Gasteiger partial charge in [-0.15, -0.1) is 0 Å². The number of hydrogen-bond acceptors (Lipinski definition) is 4. The predicted octanol–water partition coefficient (Wildman–Crippen LogP) is 3.48. The summed E-state index contributed by atoms with van der Waals surface area (Å²) in [6, 6.07) is 4.75. The van der Waals surface area contributed by atoms with Crippen LogP contribution in [0.15, 0.2) is 18.6 Å². The summed E-state index contributed by atoms with van der Waals surface area (Å²) in [5, 5.41) is 4.54. The minimum absolute atomic E-state index is 0.572. The Hall–Kier alpha value is -1.62. The van der Waals surface area contributed by atoms with Crippen LogP contribution in [0.5, 0.6) is 0 Å². The molecule has 2 aliphatic rings. The quantitative estimate of drug-likeness (QED) is 0.846. The van der Waals surface area contributed by atoms with Gasteiger partial charge in [0.25, 0.3) is 0 Å². The molecule has 2 aromatic heterocycles. The first kappa shape index (κ1) is 16.2. The number of aromatic nitrogens is 3. The van der Waals surface area contributed by atoms with E-state index in [2.05, 4.69) is 58.9 Å². The Morgan fingerprint density at radius 1 is 0.957 bits per heavy atom. The van der Waals surface area contributed by atoms with E-state index in [1.807, 2.05) is 6.20 Å². The smallest absolute Gasteiger partial charge is 0.142 e. The van der Waals surface area contributed by atoms with Gasteiger partial charge >= 0.3 is 0 Å². The first-order valence-electron chi connectivity index (χ1n) is 8.88. The van der Waals surface area contributed by atoms with E-state index in [9.17, 15) is 0 Å². The number of hydrogen-bond donors (Lipinski definition) is 2. The molecule has 2 aliphatic heterocycles. The lowest BCUT2D eigenvalue weighted by Crippen LogP contribution is -2.33. The Bertz CT molecular complexity index is 619. The Kier molecular flexibility index (Phi) is 4.85. The fourth-order valence-corrected chi connectivity index (χ4v) is 3.83. The standard InChI is InChI=1S/C12H16N4.C6H13N/c1-8-3-4-9(2)16(8)12-10-5-6-13-11(10)14-7-15-12;1-5-3-4-6(2)7-5/h5-9H,3-4H2,1-2H3,(H,13,14,15);5-7H,3-4H2,1-2H3. The minimum Gasteiger partial charge on any atom is -0.351 e. The number of nitrogens with zero attached hydrogens (tertiary/aromatic N) is 3. The molecule has 5 nitrogen and oxygen atoms in total. The summed E-state index contributed by atoms with van der Waals surface area (Å²) < 4.78 is 0. The zero-order valence-electron chi connectivity index (χ0n) is 14.7. The van der Waals surface area contributed by atoms with Crippen LogP contribution in [0.4, 0.5) is 5.82 Å². The molecule has 2 saturated heterocycles. The zero-order chi connectivity index (χ0) is 16.4. The third kappa shape index (κ3) is 3.50. The number of fused-ring (bicyclic) bond motifs is 1. The molecular formula is C18H29N5. The molecule has 0 amide bonds. The molecule has 0 radical (unpaired) electrons. The van der Waals surface area contributed by atoms with Gasteiger partial charge in [0.1, 0.15) is 17.8 Å². The number of H-pyrrole nitrogens is 1. The molecule has 4 rings (SSSR count). The van der Waals surface area contributed by atoms with Crippen molar-refractivity contribution in [2.24, 2.45) is 0 Å². The van der Waals surface area contributed by atoms with Gasteiger partial charge in [0, 0.05) is 30.4 Å². The van der Waals surface area contributed by atoms with Crippen molar-refractivity contribution in [3.8, 4) is 0 Å². The number of rotatable bonds is 1. The van der Waals surface area contributed by atoms with Gasteiger partial charge < -0.3 is 15.2 Å². The molecule has 0 aliphatic carbocycles. The second kappa shape index (κ2) is 6.87. The molecule has 5 heteroatoms. The molecule has 4 atom stereocenters. The van der Waals surface area contributed by atoms with Crippen molar-refractivity contribution >= 4 is 16.9 Å². The third-order valence-corrected chi connectivity index (χ3v) is 5.13. The highest BCUT2D eigenvalue weighted by atomic mass is 15.3. The summed E-state index contributed by atoms with van der Waals surface area (Å²) in [4.78, 5) is 14.2. The highest BCUT2D eigenvalue weighted by Crippen LogP contribution is 2.32. The number of anilines is 1. The maximum Gasteiger partial charge on any atom is 0.142 e. The van der Waals surface area contributed by atoms with Crippen molar-refractivity contribution in [3.05, 3.63) is 18.6 Å². The van der Waals surface area contributed by atoms with Crippen LogP contribution in [0.25, 0.3) is 11.0 Å². The molecule has 126 valence electrons. The SMILES string of the molecule is CC1CCC(C)N1.CC1CCC(C)N1c1ncnc2[nH]ccc12. The van der Waals surface area contributed by atoms with Crippen molar-refractivity contribution in [1.82, 2.24) is 20.3 Å². The second-order valence-electron chi connectivity index (χ2n) is 7.17. The van der Waals surface area contributed by atoms with E-state index in [1.165, 1.54) is 25.7 Å². The van der Waals surface area contributed by atoms with E-state index in [0.717, 1.165) is 28.9 Å². The maximum atomic E-state index is 4.46. The van der Waals surface area contributed by atoms with Crippen LogP contribution < -0.4 is 10.2 Å². The molecule has 23 heavy (non-hydrogen) atoms. The fourth-order valence-electron chi connectivity index (χ4n) is 3.83. The lowest BCUT2D eigenvalue weighted by molar-refractivity contribution is 0.596. The van der Waals surface area contributed by atoms with Crippen LogP contribution >= 0.6 is 0 Å². The number of aromatic amines is 1. The van der Waals surface area contributed by atoms with Crippen LogP contribution in [0.3, 0.4) is 0 Å². The van der Waals surface area contributed by atoms with Gasteiger partial charge in [0.15, 0.2) is 0 Å². The van der Waals surface area contributed by atoms with Crippen LogP contribution in [-0.2, 0) is 0 Å². The summed E-state index contributed by atoms with van der Waals surface area (Å²) in [6.45, 7) is 9.02. The third-order valence-electron chi connectivity index (χ3n) is 5.13. The van der Waals surface area contributed by atoms with Gasteiger partial charge in [-0.3, -0.25) is 0 Å². The number of nitrogens with one attached hydrogen (secondary N) is 2. The Morgan fingerprint density at radius 3 is 2.17 bits per heavy atom. The van der Waals surface area contributed by atoms with Gasteiger partial charge in [0.05, 0.1) is 5.39 Å². The molecule has 0 aromatic carbocycles. The molecule has 0 spiro atoms. The van der Waals surface area contributed by atoms with E-state index in [1.54, 1.807) is 6.33 Å². The van der Waals surface area contributed by atoms with Crippen LogP contribution in [0.2, 0.25) is 0 Å².